The van der Waals surface area contributed by atoms with Gasteiger partial charge >= 0.3 is 0 Å². The molecule has 1 unspecified atom stereocenters. The topological polar surface area (TPSA) is 135 Å². The van der Waals surface area contributed by atoms with Crippen LogP contribution in [0.2, 0.25) is 0 Å². The number of rotatable bonds is 10. The van der Waals surface area contributed by atoms with Gasteiger partial charge in [-0.1, -0.05) is 23.5 Å². The second-order valence-electron chi connectivity index (χ2n) is 8.50. The zero-order valence-electron chi connectivity index (χ0n) is 20.0. The van der Waals surface area contributed by atoms with Crippen LogP contribution >= 0.6 is 22.7 Å². The Bertz CT molecular complexity index is 1380. The van der Waals surface area contributed by atoms with Crippen molar-refractivity contribution in [3.05, 3.63) is 64.2 Å². The summed E-state index contributed by atoms with van der Waals surface area (Å²) >= 11 is 2.77. The summed E-state index contributed by atoms with van der Waals surface area (Å²) in [4.78, 5) is 30.8. The van der Waals surface area contributed by atoms with Crippen LogP contribution < -0.4 is 20.3 Å². The number of carbonyl (C=O) groups excluding carboxylic acids is 2. The third-order valence-electron chi connectivity index (χ3n) is 5.80. The largest absolute Gasteiger partial charge is 0.463 e. The number of benzene rings is 1. The highest BCUT2D eigenvalue weighted by atomic mass is 32.1. The molecule has 1 aliphatic rings. The lowest BCUT2D eigenvalue weighted by Gasteiger charge is -2.14. The van der Waals surface area contributed by atoms with E-state index < -0.39 is 6.86 Å². The first-order valence-corrected chi connectivity index (χ1v) is 13.5. The molecule has 1 aromatic carbocycles. The van der Waals surface area contributed by atoms with Crippen LogP contribution in [0.3, 0.4) is 0 Å². The third-order valence-corrected chi connectivity index (χ3v) is 7.33. The molecule has 2 amide bonds. The van der Waals surface area contributed by atoms with E-state index in [1.54, 1.807) is 35.8 Å². The van der Waals surface area contributed by atoms with E-state index in [9.17, 15) is 14.0 Å². The van der Waals surface area contributed by atoms with E-state index in [0.717, 1.165) is 29.5 Å². The molecule has 11 nitrogen and oxygen atoms in total. The Morgan fingerprint density at radius 2 is 1.97 bits per heavy atom. The van der Waals surface area contributed by atoms with E-state index in [4.69, 9.17) is 4.74 Å². The van der Waals surface area contributed by atoms with Gasteiger partial charge in [0.1, 0.15) is 5.75 Å². The summed E-state index contributed by atoms with van der Waals surface area (Å²) in [5.41, 5.74) is 3.94. The van der Waals surface area contributed by atoms with Crippen molar-refractivity contribution in [3.63, 3.8) is 0 Å². The zero-order valence-corrected chi connectivity index (χ0v) is 21.7. The van der Waals surface area contributed by atoms with Crippen molar-refractivity contribution in [2.45, 2.75) is 25.2 Å². The lowest BCUT2D eigenvalue weighted by molar-refractivity contribution is -0.116. The minimum absolute atomic E-state index is 0.0969. The van der Waals surface area contributed by atoms with Crippen LogP contribution in [-0.2, 0) is 22.4 Å². The predicted octanol–water partition coefficient (Wildman–Crippen LogP) is 3.45. The van der Waals surface area contributed by atoms with Crippen LogP contribution in [0.1, 0.15) is 29.3 Å². The number of thiazole rings is 1. The van der Waals surface area contributed by atoms with Crippen LogP contribution in [0.4, 0.5) is 20.5 Å². The third kappa shape index (κ3) is 6.63. The summed E-state index contributed by atoms with van der Waals surface area (Å²) in [5, 5.41) is 25.3. The number of hydrogen-bond acceptors (Lipinski definition) is 11. The molecule has 1 aliphatic heterocycles. The number of alkyl halides is 1. The number of anilines is 3. The molecule has 38 heavy (non-hydrogen) atoms. The molecule has 0 radical (unpaired) electrons. The lowest BCUT2D eigenvalue weighted by atomic mass is 10.1. The second kappa shape index (κ2) is 12.0. The second-order valence-corrected chi connectivity index (χ2v) is 10.2. The normalized spacial score (nSPS) is 14.9. The fraction of sp³-hybridized carbons (Fsp3) is 0.292. The number of nitrogens with zero attached hydrogens (tertiary/aromatic N) is 6. The molecular weight excluding hydrogens is 531 g/mol. The highest BCUT2D eigenvalue weighted by Gasteiger charge is 2.28. The molecule has 0 spiro atoms. The van der Waals surface area contributed by atoms with Gasteiger partial charge in [0.2, 0.25) is 28.9 Å². The number of halogens is 1. The standard InChI is InChI=1S/C24H23FN8O3S2/c25-13-36-18-3-1-2-15(8-18)9-21(34)27-20-5-4-19(29-30-20)16-6-7-33(11-16)24-32-31-23(38-24)28-22(35)10-17-12-37-14-26-17/h1-5,8,12,14,16H,6-7,9-11,13H2,(H,27,30,34)(H,28,31,35). The Balaban J connectivity index is 1.11. The van der Waals surface area contributed by atoms with Gasteiger partial charge in [0.25, 0.3) is 0 Å². The molecule has 1 atom stereocenters. The molecule has 1 saturated heterocycles. The molecule has 0 saturated carbocycles. The number of aromatic nitrogens is 5. The molecule has 3 aromatic heterocycles. The number of nitrogens with one attached hydrogen (secondary N) is 2. The van der Waals surface area contributed by atoms with Gasteiger partial charge in [0.05, 0.1) is 29.7 Å². The maximum absolute atomic E-state index is 12.4. The zero-order chi connectivity index (χ0) is 26.3. The summed E-state index contributed by atoms with van der Waals surface area (Å²) in [6.07, 6.45) is 1.16. The van der Waals surface area contributed by atoms with Crippen molar-refractivity contribution < 1.29 is 18.7 Å². The average molecular weight is 555 g/mol. The van der Waals surface area contributed by atoms with Crippen LogP contribution in [0, 0.1) is 0 Å². The minimum Gasteiger partial charge on any atom is -0.463 e. The van der Waals surface area contributed by atoms with E-state index in [0.29, 0.717) is 28.8 Å². The van der Waals surface area contributed by atoms with Crippen LogP contribution in [0.25, 0.3) is 0 Å². The van der Waals surface area contributed by atoms with E-state index in [-0.39, 0.29) is 30.6 Å². The molecule has 2 N–H and O–H groups in total. The first-order valence-electron chi connectivity index (χ1n) is 11.7. The number of carbonyl (C=O) groups is 2. The molecule has 1 fully saturated rings. The Morgan fingerprint density at radius 3 is 2.76 bits per heavy atom. The smallest absolute Gasteiger partial charge is 0.232 e. The van der Waals surface area contributed by atoms with Crippen LogP contribution in [-0.4, -0.2) is 57.1 Å². The van der Waals surface area contributed by atoms with Crippen molar-refractivity contribution in [1.82, 2.24) is 25.4 Å². The van der Waals surface area contributed by atoms with Crippen molar-refractivity contribution in [3.8, 4) is 5.75 Å². The van der Waals surface area contributed by atoms with Crippen LogP contribution in [0.5, 0.6) is 5.75 Å². The first-order chi connectivity index (χ1) is 18.6. The molecular formula is C24H23FN8O3S2. The van der Waals surface area contributed by atoms with Gasteiger partial charge < -0.3 is 20.3 Å². The highest BCUT2D eigenvalue weighted by molar-refractivity contribution is 7.19. The SMILES string of the molecule is O=C(Cc1cccc(OCF)c1)Nc1ccc(C2CCN(c3nnc(NC(=O)Cc4cscn4)s3)C2)nn1. The summed E-state index contributed by atoms with van der Waals surface area (Å²) in [7, 11) is 0. The highest BCUT2D eigenvalue weighted by Crippen LogP contribution is 2.32. The Hall–Kier alpha value is -4.04. The fourth-order valence-electron chi connectivity index (χ4n) is 4.03. The predicted molar refractivity (Wildman–Crippen MR) is 141 cm³/mol. The quantitative estimate of drug-likeness (QED) is 0.302. The molecule has 14 heteroatoms. The van der Waals surface area contributed by atoms with E-state index >= 15 is 0 Å². The molecule has 5 rings (SSSR count). The summed E-state index contributed by atoms with van der Waals surface area (Å²) in [6.45, 7) is 0.543. The average Bonchev–Trinajstić information content (AvgIpc) is 3.67. The van der Waals surface area contributed by atoms with Crippen molar-refractivity contribution >= 4 is 50.6 Å². The number of ether oxygens (including phenoxy) is 1. The van der Waals surface area contributed by atoms with Crippen molar-refractivity contribution in [2.24, 2.45) is 0 Å². The van der Waals surface area contributed by atoms with Crippen LogP contribution in [0.15, 0.2) is 47.3 Å². The lowest BCUT2D eigenvalue weighted by Crippen LogP contribution is -2.19. The fourth-order valence-corrected chi connectivity index (χ4v) is 5.38. The van der Waals surface area contributed by atoms with E-state index in [2.05, 4.69) is 40.9 Å². The maximum Gasteiger partial charge on any atom is 0.232 e. The van der Waals surface area contributed by atoms with Gasteiger partial charge in [0, 0.05) is 24.4 Å². The molecule has 0 aliphatic carbocycles. The Labute approximate surface area is 225 Å². The molecule has 0 bridgehead atoms. The van der Waals surface area contributed by atoms with Gasteiger partial charge in [-0.2, -0.15) is 5.10 Å². The van der Waals surface area contributed by atoms with Crippen molar-refractivity contribution in [2.75, 3.05) is 35.5 Å². The van der Waals surface area contributed by atoms with Crippen molar-refractivity contribution in [1.29, 1.82) is 0 Å². The molecule has 4 heterocycles. The van der Waals surface area contributed by atoms with Gasteiger partial charge in [-0.3, -0.25) is 9.59 Å². The minimum atomic E-state index is -0.926. The van der Waals surface area contributed by atoms with Gasteiger partial charge in [-0.15, -0.1) is 26.6 Å². The van der Waals surface area contributed by atoms with Gasteiger partial charge in [0.15, 0.2) is 5.82 Å². The monoisotopic (exact) mass is 554 g/mol. The summed E-state index contributed by atoms with van der Waals surface area (Å²) < 4.78 is 17.2. The van der Waals surface area contributed by atoms with Gasteiger partial charge in [-0.25, -0.2) is 9.37 Å². The Kier molecular flexibility index (Phi) is 8.09. The number of hydrogen-bond donors (Lipinski definition) is 2. The first kappa shape index (κ1) is 25.6. The molecule has 4 aromatic rings. The Morgan fingerprint density at radius 1 is 1.08 bits per heavy atom. The van der Waals surface area contributed by atoms with Gasteiger partial charge in [-0.05, 0) is 36.2 Å². The number of amides is 2. The van der Waals surface area contributed by atoms with E-state index in [1.165, 1.54) is 22.7 Å². The summed E-state index contributed by atoms with van der Waals surface area (Å²) in [6, 6.07) is 10.3. The summed E-state index contributed by atoms with van der Waals surface area (Å²) in [5.74, 6) is 0.430. The van der Waals surface area contributed by atoms with E-state index in [1.807, 2.05) is 11.4 Å². The maximum atomic E-state index is 12.4. The molecule has 196 valence electrons.